The largest absolute Gasteiger partial charge is 0.478 e. The van der Waals surface area contributed by atoms with Crippen LogP contribution in [-0.4, -0.2) is 20.6 Å². The van der Waals surface area contributed by atoms with Gasteiger partial charge >= 0.3 is 11.7 Å². The molecule has 0 radical (unpaired) electrons. The Labute approximate surface area is 116 Å². The zero-order valence-corrected chi connectivity index (χ0v) is 11.3. The van der Waals surface area contributed by atoms with Gasteiger partial charge in [-0.2, -0.15) is 0 Å². The monoisotopic (exact) mass is 274 g/mol. The number of aromatic carboxylic acids is 1. The average Bonchev–Trinajstić information content (AvgIpc) is 2.61. The van der Waals surface area contributed by atoms with E-state index in [1.807, 2.05) is 4.57 Å². The van der Waals surface area contributed by atoms with Gasteiger partial charge in [0.15, 0.2) is 0 Å². The number of nitrogens with one attached hydrogen (secondary N) is 1. The van der Waals surface area contributed by atoms with Crippen LogP contribution in [0.2, 0.25) is 0 Å². The van der Waals surface area contributed by atoms with Gasteiger partial charge in [-0.1, -0.05) is 25.7 Å². The summed E-state index contributed by atoms with van der Waals surface area (Å²) in [6.07, 6.45) is 6.81. The third-order valence-electron chi connectivity index (χ3n) is 4.15. The standard InChI is InChI=1S/C15H18N2O3/c18-14(19)10-7-8-13-12(9-10)16-15(20)17(13)11-5-3-1-2-4-6-11/h7-9,11H,1-6H2,(H,16,20)(H,18,19). The van der Waals surface area contributed by atoms with E-state index in [9.17, 15) is 9.59 Å². The summed E-state index contributed by atoms with van der Waals surface area (Å²) in [6.45, 7) is 0. The zero-order chi connectivity index (χ0) is 14.1. The average molecular weight is 274 g/mol. The van der Waals surface area contributed by atoms with Crippen molar-refractivity contribution in [2.75, 3.05) is 0 Å². The lowest BCUT2D eigenvalue weighted by Crippen LogP contribution is -2.21. The summed E-state index contributed by atoms with van der Waals surface area (Å²) in [4.78, 5) is 26.0. The van der Waals surface area contributed by atoms with Crippen molar-refractivity contribution in [3.63, 3.8) is 0 Å². The van der Waals surface area contributed by atoms with Crippen LogP contribution in [-0.2, 0) is 0 Å². The molecule has 1 aromatic carbocycles. The predicted molar refractivity (Wildman–Crippen MR) is 76.3 cm³/mol. The quantitative estimate of drug-likeness (QED) is 0.827. The van der Waals surface area contributed by atoms with Crippen molar-refractivity contribution in [3.8, 4) is 0 Å². The molecule has 1 aliphatic carbocycles. The Morgan fingerprint density at radius 1 is 1.20 bits per heavy atom. The number of fused-ring (bicyclic) bond motifs is 1. The van der Waals surface area contributed by atoms with E-state index in [0.717, 1.165) is 31.2 Å². The zero-order valence-electron chi connectivity index (χ0n) is 11.3. The first-order valence-corrected chi connectivity index (χ1v) is 7.14. The Bertz CT molecular complexity index is 691. The number of hydrogen-bond donors (Lipinski definition) is 2. The molecule has 0 amide bonds. The Morgan fingerprint density at radius 2 is 1.90 bits per heavy atom. The molecular formula is C15H18N2O3. The maximum absolute atomic E-state index is 12.2. The second kappa shape index (κ2) is 5.15. The van der Waals surface area contributed by atoms with Crippen LogP contribution in [0.3, 0.4) is 0 Å². The maximum atomic E-state index is 12.2. The van der Waals surface area contributed by atoms with E-state index in [4.69, 9.17) is 5.11 Å². The van der Waals surface area contributed by atoms with Crippen molar-refractivity contribution in [1.82, 2.24) is 9.55 Å². The van der Waals surface area contributed by atoms with E-state index in [1.54, 1.807) is 12.1 Å². The highest BCUT2D eigenvalue weighted by atomic mass is 16.4. The van der Waals surface area contributed by atoms with E-state index in [1.165, 1.54) is 18.9 Å². The molecule has 0 atom stereocenters. The molecular weight excluding hydrogens is 256 g/mol. The van der Waals surface area contributed by atoms with Gasteiger partial charge in [0.25, 0.3) is 0 Å². The number of carbonyl (C=O) groups is 1. The molecule has 5 heteroatoms. The lowest BCUT2D eigenvalue weighted by atomic mass is 10.1. The first kappa shape index (κ1) is 13.0. The van der Waals surface area contributed by atoms with Crippen molar-refractivity contribution in [2.45, 2.75) is 44.6 Å². The number of nitrogens with zero attached hydrogens (tertiary/aromatic N) is 1. The lowest BCUT2D eigenvalue weighted by molar-refractivity contribution is 0.0697. The fourth-order valence-electron chi connectivity index (χ4n) is 3.14. The van der Waals surface area contributed by atoms with Gasteiger partial charge in [-0.3, -0.25) is 4.57 Å². The molecule has 0 aliphatic heterocycles. The molecule has 1 heterocycles. The van der Waals surface area contributed by atoms with Gasteiger partial charge < -0.3 is 10.1 Å². The molecule has 5 nitrogen and oxygen atoms in total. The molecule has 106 valence electrons. The van der Waals surface area contributed by atoms with Crippen LogP contribution in [0.25, 0.3) is 11.0 Å². The van der Waals surface area contributed by atoms with Gasteiger partial charge in [0, 0.05) is 6.04 Å². The van der Waals surface area contributed by atoms with Gasteiger partial charge in [-0.05, 0) is 31.0 Å². The number of aromatic amines is 1. The van der Waals surface area contributed by atoms with E-state index < -0.39 is 5.97 Å². The molecule has 3 rings (SSSR count). The van der Waals surface area contributed by atoms with Crippen molar-refractivity contribution in [1.29, 1.82) is 0 Å². The fraction of sp³-hybridized carbons (Fsp3) is 0.467. The molecule has 1 aromatic heterocycles. The number of rotatable bonds is 2. The highest BCUT2D eigenvalue weighted by Gasteiger charge is 2.19. The summed E-state index contributed by atoms with van der Waals surface area (Å²) in [5.41, 5.74) is 1.49. The van der Waals surface area contributed by atoms with Crippen LogP contribution in [0.5, 0.6) is 0 Å². The summed E-state index contributed by atoms with van der Waals surface area (Å²) >= 11 is 0. The van der Waals surface area contributed by atoms with Crippen molar-refractivity contribution in [2.24, 2.45) is 0 Å². The van der Waals surface area contributed by atoms with Crippen LogP contribution in [0.4, 0.5) is 0 Å². The van der Waals surface area contributed by atoms with E-state index in [-0.39, 0.29) is 17.3 Å². The number of carboxylic acid groups (broad SMARTS) is 1. The summed E-state index contributed by atoms with van der Waals surface area (Å²) in [7, 11) is 0. The second-order valence-electron chi connectivity index (χ2n) is 5.48. The predicted octanol–water partition coefficient (Wildman–Crippen LogP) is 2.92. The first-order valence-electron chi connectivity index (χ1n) is 7.14. The molecule has 0 saturated heterocycles. The highest BCUT2D eigenvalue weighted by molar-refractivity contribution is 5.92. The highest BCUT2D eigenvalue weighted by Crippen LogP contribution is 2.28. The van der Waals surface area contributed by atoms with Crippen LogP contribution >= 0.6 is 0 Å². The van der Waals surface area contributed by atoms with Crippen LogP contribution in [0.15, 0.2) is 23.0 Å². The third kappa shape index (κ3) is 2.24. The van der Waals surface area contributed by atoms with Gasteiger partial charge in [0.05, 0.1) is 16.6 Å². The van der Waals surface area contributed by atoms with Gasteiger partial charge in [-0.25, -0.2) is 9.59 Å². The van der Waals surface area contributed by atoms with Gasteiger partial charge in [0.1, 0.15) is 0 Å². The van der Waals surface area contributed by atoms with E-state index in [2.05, 4.69) is 4.98 Å². The van der Waals surface area contributed by atoms with E-state index >= 15 is 0 Å². The minimum atomic E-state index is -0.977. The number of aromatic nitrogens is 2. The van der Waals surface area contributed by atoms with Gasteiger partial charge in [0.2, 0.25) is 0 Å². The van der Waals surface area contributed by atoms with Crippen LogP contribution in [0.1, 0.15) is 54.9 Å². The Balaban J connectivity index is 2.08. The van der Waals surface area contributed by atoms with E-state index in [0.29, 0.717) is 5.52 Å². The normalized spacial score (nSPS) is 17.2. The molecule has 0 spiro atoms. The summed E-state index contributed by atoms with van der Waals surface area (Å²) in [6, 6.07) is 5.06. The topological polar surface area (TPSA) is 75.1 Å². The summed E-state index contributed by atoms with van der Waals surface area (Å²) < 4.78 is 1.81. The number of benzene rings is 1. The SMILES string of the molecule is O=C(O)c1ccc2c(c1)[nH]c(=O)n2C1CCCCCC1. The second-order valence-corrected chi connectivity index (χ2v) is 5.48. The number of H-pyrrole nitrogens is 1. The lowest BCUT2D eigenvalue weighted by Gasteiger charge is -2.15. The summed E-state index contributed by atoms with van der Waals surface area (Å²) in [5, 5.41) is 9.01. The minimum absolute atomic E-state index is 0.130. The van der Waals surface area contributed by atoms with Crippen molar-refractivity contribution >= 4 is 17.0 Å². The Hall–Kier alpha value is -2.04. The van der Waals surface area contributed by atoms with Crippen molar-refractivity contribution < 1.29 is 9.90 Å². The molecule has 1 fully saturated rings. The molecule has 20 heavy (non-hydrogen) atoms. The molecule has 2 N–H and O–H groups in total. The summed E-state index contributed by atoms with van der Waals surface area (Å²) in [5.74, 6) is -0.977. The number of imidazole rings is 1. The molecule has 0 unspecified atom stereocenters. The molecule has 1 saturated carbocycles. The smallest absolute Gasteiger partial charge is 0.335 e. The third-order valence-corrected chi connectivity index (χ3v) is 4.15. The Kier molecular flexibility index (Phi) is 3.34. The molecule has 2 aromatic rings. The molecule has 1 aliphatic rings. The van der Waals surface area contributed by atoms with Crippen LogP contribution in [0, 0.1) is 0 Å². The van der Waals surface area contributed by atoms with Gasteiger partial charge in [-0.15, -0.1) is 0 Å². The Morgan fingerprint density at radius 3 is 2.55 bits per heavy atom. The first-order chi connectivity index (χ1) is 9.66. The molecule has 0 bridgehead atoms. The number of carboxylic acids is 1. The van der Waals surface area contributed by atoms with Crippen LogP contribution < -0.4 is 5.69 Å². The maximum Gasteiger partial charge on any atom is 0.335 e. The fourth-order valence-corrected chi connectivity index (χ4v) is 3.14. The minimum Gasteiger partial charge on any atom is -0.478 e. The van der Waals surface area contributed by atoms with Crippen molar-refractivity contribution in [3.05, 3.63) is 34.2 Å². The number of hydrogen-bond acceptors (Lipinski definition) is 2.